The zero-order chi connectivity index (χ0) is 18.7. The second-order valence-electron chi connectivity index (χ2n) is 7.36. The van der Waals surface area contributed by atoms with Crippen LogP contribution in [0.4, 0.5) is 0 Å². The molecular weight excluding hydrogens is 346 g/mol. The Labute approximate surface area is 160 Å². The predicted octanol–water partition coefficient (Wildman–Crippen LogP) is 5.49. The van der Waals surface area contributed by atoms with Crippen molar-refractivity contribution >= 4 is 17.6 Å². The number of piperidine rings is 1. The molecule has 1 heterocycles. The fourth-order valence-electron chi connectivity index (χ4n) is 3.81. The highest BCUT2D eigenvalue weighted by atomic mass is 35.5. The van der Waals surface area contributed by atoms with E-state index < -0.39 is 12.0 Å². The Morgan fingerprint density at radius 1 is 1.00 bits per heavy atom. The van der Waals surface area contributed by atoms with E-state index >= 15 is 0 Å². The average Bonchev–Trinajstić information content (AvgIpc) is 2.64. The first kappa shape index (κ1) is 18.9. The Morgan fingerprint density at radius 3 is 2.08 bits per heavy atom. The second-order valence-corrected chi connectivity index (χ2v) is 7.80. The largest absolute Gasteiger partial charge is 0.480 e. The van der Waals surface area contributed by atoms with Gasteiger partial charge in [0.2, 0.25) is 0 Å². The van der Waals surface area contributed by atoms with E-state index in [1.807, 2.05) is 24.3 Å². The number of nitrogens with zero attached hydrogens (tertiary/aromatic N) is 1. The van der Waals surface area contributed by atoms with Crippen LogP contribution >= 0.6 is 11.6 Å². The van der Waals surface area contributed by atoms with Crippen LogP contribution < -0.4 is 0 Å². The molecular formula is C22H26ClNO2. The van der Waals surface area contributed by atoms with E-state index in [1.165, 1.54) is 5.56 Å². The van der Waals surface area contributed by atoms with Gasteiger partial charge in [0.15, 0.2) is 0 Å². The lowest BCUT2D eigenvalue weighted by Crippen LogP contribution is -2.46. The Kier molecular flexibility index (Phi) is 6.00. The molecule has 1 fully saturated rings. The summed E-state index contributed by atoms with van der Waals surface area (Å²) >= 11 is 6.08. The Morgan fingerprint density at radius 2 is 1.54 bits per heavy atom. The van der Waals surface area contributed by atoms with Crippen molar-refractivity contribution in [1.29, 1.82) is 0 Å². The maximum absolute atomic E-state index is 11.9. The molecule has 0 radical (unpaired) electrons. The fraction of sp³-hybridized carbons (Fsp3) is 0.409. The standard InChI is InChI=1S/C22H26ClNO2/c1-15(2)16-6-8-17(9-7-16)21(18-10-12-19(23)13-11-18)24-14-4-3-5-20(24)22(25)26/h6-13,15,20-21H,3-5,14H2,1-2H3,(H,25,26). The van der Waals surface area contributed by atoms with Crippen LogP contribution in [0.25, 0.3) is 0 Å². The maximum atomic E-state index is 11.9. The zero-order valence-electron chi connectivity index (χ0n) is 15.4. The molecule has 2 aromatic rings. The van der Waals surface area contributed by atoms with Crippen LogP contribution in [0, 0.1) is 0 Å². The number of aliphatic carboxylic acids is 1. The highest BCUT2D eigenvalue weighted by Crippen LogP contribution is 2.35. The van der Waals surface area contributed by atoms with Gasteiger partial charge in [-0.05, 0) is 54.1 Å². The highest BCUT2D eigenvalue weighted by molar-refractivity contribution is 6.30. The summed E-state index contributed by atoms with van der Waals surface area (Å²) in [5.74, 6) is -0.262. The van der Waals surface area contributed by atoms with Crippen LogP contribution in [0.5, 0.6) is 0 Å². The lowest BCUT2D eigenvalue weighted by atomic mass is 9.90. The molecule has 2 atom stereocenters. The van der Waals surface area contributed by atoms with Gasteiger partial charge in [0.1, 0.15) is 6.04 Å². The van der Waals surface area contributed by atoms with Crippen molar-refractivity contribution in [3.05, 3.63) is 70.2 Å². The Bertz CT molecular complexity index is 740. The average molecular weight is 372 g/mol. The number of carboxylic acids is 1. The SMILES string of the molecule is CC(C)c1ccc(C(c2ccc(Cl)cc2)N2CCCCC2C(=O)O)cc1. The normalized spacial score (nSPS) is 19.5. The van der Waals surface area contributed by atoms with Crippen LogP contribution in [0.2, 0.25) is 5.02 Å². The monoisotopic (exact) mass is 371 g/mol. The summed E-state index contributed by atoms with van der Waals surface area (Å²) in [5.41, 5.74) is 3.50. The molecule has 1 N–H and O–H groups in total. The number of halogens is 1. The van der Waals surface area contributed by atoms with Gasteiger partial charge in [-0.15, -0.1) is 0 Å². The predicted molar refractivity (Wildman–Crippen MR) is 106 cm³/mol. The van der Waals surface area contributed by atoms with Crippen LogP contribution in [0.15, 0.2) is 48.5 Å². The third-order valence-electron chi connectivity index (χ3n) is 5.27. The third kappa shape index (κ3) is 4.11. The van der Waals surface area contributed by atoms with Gasteiger partial charge >= 0.3 is 5.97 Å². The van der Waals surface area contributed by atoms with Gasteiger partial charge in [-0.3, -0.25) is 9.69 Å². The Hall–Kier alpha value is -1.84. The topological polar surface area (TPSA) is 40.5 Å². The van der Waals surface area contributed by atoms with Crippen molar-refractivity contribution in [1.82, 2.24) is 4.90 Å². The smallest absolute Gasteiger partial charge is 0.320 e. The first-order chi connectivity index (χ1) is 12.5. The summed E-state index contributed by atoms with van der Waals surface area (Å²) < 4.78 is 0. The molecule has 26 heavy (non-hydrogen) atoms. The number of hydrogen-bond donors (Lipinski definition) is 1. The van der Waals surface area contributed by atoms with Gasteiger partial charge < -0.3 is 5.11 Å². The van der Waals surface area contributed by atoms with Crippen LogP contribution in [-0.4, -0.2) is 28.6 Å². The van der Waals surface area contributed by atoms with Crippen molar-refractivity contribution < 1.29 is 9.90 Å². The molecule has 2 unspecified atom stereocenters. The molecule has 0 aliphatic carbocycles. The molecule has 0 aromatic heterocycles. The van der Waals surface area contributed by atoms with Crippen LogP contribution in [0.1, 0.15) is 61.8 Å². The minimum absolute atomic E-state index is 0.0742. The van der Waals surface area contributed by atoms with E-state index in [4.69, 9.17) is 11.6 Å². The molecule has 3 nitrogen and oxygen atoms in total. The third-order valence-corrected chi connectivity index (χ3v) is 5.52. The van der Waals surface area contributed by atoms with Gasteiger partial charge in [0, 0.05) is 5.02 Å². The first-order valence-electron chi connectivity index (χ1n) is 9.31. The summed E-state index contributed by atoms with van der Waals surface area (Å²) in [6.07, 6.45) is 2.69. The number of hydrogen-bond acceptors (Lipinski definition) is 2. The van der Waals surface area contributed by atoms with Crippen molar-refractivity contribution in [2.45, 2.75) is 51.1 Å². The molecule has 2 aromatic carbocycles. The Balaban J connectivity index is 2.03. The summed E-state index contributed by atoms with van der Waals surface area (Å²) in [6.45, 7) is 5.14. The number of rotatable bonds is 5. The summed E-state index contributed by atoms with van der Waals surface area (Å²) in [7, 11) is 0. The number of benzene rings is 2. The van der Waals surface area contributed by atoms with Gasteiger partial charge in [0.05, 0.1) is 6.04 Å². The maximum Gasteiger partial charge on any atom is 0.320 e. The fourth-order valence-corrected chi connectivity index (χ4v) is 3.94. The van der Waals surface area contributed by atoms with Crippen molar-refractivity contribution in [2.24, 2.45) is 0 Å². The zero-order valence-corrected chi connectivity index (χ0v) is 16.1. The molecule has 1 aliphatic heterocycles. The summed E-state index contributed by atoms with van der Waals surface area (Å²) in [6, 6.07) is 15.9. The van der Waals surface area contributed by atoms with Gasteiger partial charge in [-0.25, -0.2) is 0 Å². The number of carbonyl (C=O) groups is 1. The molecule has 0 saturated carbocycles. The molecule has 4 heteroatoms. The lowest BCUT2D eigenvalue weighted by Gasteiger charge is -2.39. The number of carboxylic acid groups (broad SMARTS) is 1. The molecule has 0 bridgehead atoms. The van der Waals surface area contributed by atoms with Gasteiger partial charge in [-0.1, -0.05) is 68.3 Å². The minimum atomic E-state index is -0.734. The van der Waals surface area contributed by atoms with E-state index in [-0.39, 0.29) is 6.04 Å². The van der Waals surface area contributed by atoms with E-state index in [9.17, 15) is 9.90 Å². The van der Waals surface area contributed by atoms with Crippen LogP contribution in [0.3, 0.4) is 0 Å². The van der Waals surface area contributed by atoms with E-state index in [2.05, 4.69) is 43.0 Å². The molecule has 0 spiro atoms. The highest BCUT2D eigenvalue weighted by Gasteiger charge is 2.35. The van der Waals surface area contributed by atoms with E-state index in [1.54, 1.807) is 0 Å². The quantitative estimate of drug-likeness (QED) is 0.755. The summed E-state index contributed by atoms with van der Waals surface area (Å²) in [4.78, 5) is 14.0. The molecule has 138 valence electrons. The minimum Gasteiger partial charge on any atom is -0.480 e. The summed E-state index contributed by atoms with van der Waals surface area (Å²) in [5, 5.41) is 10.4. The number of likely N-dealkylation sites (tertiary alicyclic amines) is 1. The van der Waals surface area contributed by atoms with Crippen molar-refractivity contribution in [3.63, 3.8) is 0 Å². The molecule has 1 aliphatic rings. The van der Waals surface area contributed by atoms with Crippen molar-refractivity contribution in [2.75, 3.05) is 6.54 Å². The van der Waals surface area contributed by atoms with Gasteiger partial charge in [-0.2, -0.15) is 0 Å². The van der Waals surface area contributed by atoms with E-state index in [0.29, 0.717) is 17.4 Å². The van der Waals surface area contributed by atoms with Gasteiger partial charge in [0.25, 0.3) is 0 Å². The molecule has 1 saturated heterocycles. The van der Waals surface area contributed by atoms with E-state index in [0.717, 1.165) is 30.5 Å². The second kappa shape index (κ2) is 8.24. The molecule has 0 amide bonds. The molecule has 3 rings (SSSR count). The van der Waals surface area contributed by atoms with Crippen molar-refractivity contribution in [3.8, 4) is 0 Å². The first-order valence-corrected chi connectivity index (χ1v) is 9.69. The van der Waals surface area contributed by atoms with Crippen LogP contribution in [-0.2, 0) is 4.79 Å². The lowest BCUT2D eigenvalue weighted by molar-refractivity contribution is -0.145.